The van der Waals surface area contributed by atoms with E-state index in [1.54, 1.807) is 25.7 Å². The summed E-state index contributed by atoms with van der Waals surface area (Å²) in [6, 6.07) is 2.16. The lowest BCUT2D eigenvalue weighted by Crippen LogP contribution is -2.75. The molecule has 0 radical (unpaired) electrons. The Kier molecular flexibility index (Phi) is 5.71. The average molecular weight is 524 g/mol. The first-order valence-electron chi connectivity index (χ1n) is 12.1. The number of alkyl halides is 2. The number of hydrogen-bond acceptors (Lipinski definition) is 6. The summed E-state index contributed by atoms with van der Waals surface area (Å²) in [6.45, 7) is 5.31. The fourth-order valence-corrected chi connectivity index (χ4v) is 6.21. The summed E-state index contributed by atoms with van der Waals surface area (Å²) >= 11 is 0. The molecule has 0 saturated heterocycles. The Morgan fingerprint density at radius 3 is 2.43 bits per heavy atom. The van der Waals surface area contributed by atoms with Crippen LogP contribution in [0.5, 0.6) is 0 Å². The molecule has 8 nitrogen and oxygen atoms in total. The molecule has 3 saturated carbocycles. The van der Waals surface area contributed by atoms with Crippen LogP contribution in [0, 0.1) is 22.5 Å². The number of aliphatic hydroxyl groups is 1. The van der Waals surface area contributed by atoms with E-state index in [0.717, 1.165) is 28.7 Å². The summed E-state index contributed by atoms with van der Waals surface area (Å²) in [5.74, 6) is -5.98. The molecule has 3 aliphatic carbocycles. The van der Waals surface area contributed by atoms with Gasteiger partial charge in [0.25, 0.3) is 5.92 Å². The molecule has 0 spiro atoms. The molecule has 1 aromatic heterocycles. The molecule has 2 aromatic rings. The molecule has 6 rings (SSSR count). The fraction of sp³-hybridized carbons (Fsp3) is 0.600. The highest BCUT2D eigenvalue weighted by Crippen LogP contribution is 2.82. The van der Waals surface area contributed by atoms with E-state index in [2.05, 4.69) is 15.5 Å². The molecule has 2 bridgehead atoms. The van der Waals surface area contributed by atoms with Crippen molar-refractivity contribution >= 4 is 6.09 Å². The van der Waals surface area contributed by atoms with E-state index in [4.69, 9.17) is 4.74 Å². The zero-order valence-corrected chi connectivity index (χ0v) is 20.8. The minimum atomic E-state index is -3.77. The highest BCUT2D eigenvalue weighted by atomic mass is 19.3. The Bertz CT molecular complexity index is 1220. The van der Waals surface area contributed by atoms with Gasteiger partial charge in [-0.05, 0) is 74.4 Å². The normalized spacial score (nSPS) is 27.0. The highest BCUT2D eigenvalue weighted by Gasteiger charge is 2.82. The molecule has 2 heterocycles. The summed E-state index contributed by atoms with van der Waals surface area (Å²) in [5.41, 5.74) is -5.31. The SMILES string of the molecule is CC(C)(C)OC(=O)N1CC=C(C23CC(C(F)(F)C(O)(Cn4cnnn4)c4ccc(F)cc4F)(C2)C3)CC1. The number of amides is 1. The lowest BCUT2D eigenvalue weighted by atomic mass is 9.30. The molecule has 12 heteroatoms. The second-order valence-electron chi connectivity index (χ2n) is 11.6. The van der Waals surface area contributed by atoms with Gasteiger partial charge >= 0.3 is 6.09 Å². The van der Waals surface area contributed by atoms with E-state index in [0.29, 0.717) is 25.6 Å². The number of tetrazole rings is 1. The van der Waals surface area contributed by atoms with E-state index >= 15 is 8.78 Å². The van der Waals surface area contributed by atoms with Crippen molar-refractivity contribution in [1.82, 2.24) is 25.1 Å². The Morgan fingerprint density at radius 1 is 1.19 bits per heavy atom. The van der Waals surface area contributed by atoms with Crippen LogP contribution < -0.4 is 0 Å². The quantitative estimate of drug-likeness (QED) is 0.451. The van der Waals surface area contributed by atoms with Crippen LogP contribution in [0.15, 0.2) is 36.2 Å². The second kappa shape index (κ2) is 8.24. The first-order chi connectivity index (χ1) is 17.2. The van der Waals surface area contributed by atoms with E-state index in [1.165, 1.54) is 0 Å². The lowest BCUT2D eigenvalue weighted by molar-refractivity contribution is -0.361. The summed E-state index contributed by atoms with van der Waals surface area (Å²) in [4.78, 5) is 13.9. The van der Waals surface area contributed by atoms with Crippen molar-refractivity contribution in [2.75, 3.05) is 13.1 Å². The number of carbonyl (C=O) groups excluding carboxylic acids is 1. The van der Waals surface area contributed by atoms with Crippen LogP contribution in [-0.2, 0) is 16.9 Å². The fourth-order valence-electron chi connectivity index (χ4n) is 6.21. The van der Waals surface area contributed by atoms with Crippen LogP contribution in [0.1, 0.15) is 52.0 Å². The van der Waals surface area contributed by atoms with Crippen LogP contribution in [0.2, 0.25) is 0 Å². The molecule has 4 aliphatic rings. The van der Waals surface area contributed by atoms with Gasteiger partial charge in [0.1, 0.15) is 23.6 Å². The van der Waals surface area contributed by atoms with Crippen molar-refractivity contribution in [2.45, 2.75) is 70.1 Å². The minimum Gasteiger partial charge on any atom is -0.444 e. The van der Waals surface area contributed by atoms with Gasteiger partial charge in [0, 0.05) is 30.1 Å². The van der Waals surface area contributed by atoms with Crippen molar-refractivity contribution < 1.29 is 32.2 Å². The Hall–Kier alpha value is -3.02. The van der Waals surface area contributed by atoms with Gasteiger partial charge < -0.3 is 14.7 Å². The molecule has 37 heavy (non-hydrogen) atoms. The number of nitrogens with zero attached hydrogens (tertiary/aromatic N) is 5. The van der Waals surface area contributed by atoms with Crippen LogP contribution in [0.3, 0.4) is 0 Å². The summed E-state index contributed by atoms with van der Waals surface area (Å²) < 4.78 is 67.2. The zero-order chi connectivity index (χ0) is 26.9. The molecule has 1 aliphatic heterocycles. The van der Waals surface area contributed by atoms with Crippen LogP contribution >= 0.6 is 0 Å². The van der Waals surface area contributed by atoms with Gasteiger partial charge in [-0.3, -0.25) is 0 Å². The first-order valence-corrected chi connectivity index (χ1v) is 12.1. The smallest absolute Gasteiger partial charge is 0.410 e. The van der Waals surface area contributed by atoms with Crippen molar-refractivity contribution in [3.05, 3.63) is 53.4 Å². The third kappa shape index (κ3) is 4.00. The topological polar surface area (TPSA) is 93.4 Å². The van der Waals surface area contributed by atoms with E-state index in [1.807, 2.05) is 6.08 Å². The van der Waals surface area contributed by atoms with Gasteiger partial charge in [-0.25, -0.2) is 27.0 Å². The third-order valence-electron chi connectivity index (χ3n) is 7.92. The molecule has 1 amide bonds. The molecule has 1 unspecified atom stereocenters. The van der Waals surface area contributed by atoms with Gasteiger partial charge in [-0.15, -0.1) is 5.10 Å². The highest BCUT2D eigenvalue weighted by molar-refractivity contribution is 5.68. The molecule has 3 fully saturated rings. The monoisotopic (exact) mass is 523 g/mol. The van der Waals surface area contributed by atoms with Gasteiger partial charge in [-0.2, -0.15) is 0 Å². The molecule has 200 valence electrons. The molecule has 1 atom stereocenters. The number of hydrogen-bond donors (Lipinski definition) is 1. The van der Waals surface area contributed by atoms with Gasteiger partial charge in [-0.1, -0.05) is 11.6 Å². The van der Waals surface area contributed by atoms with E-state index in [-0.39, 0.29) is 19.3 Å². The van der Waals surface area contributed by atoms with E-state index in [9.17, 15) is 18.7 Å². The zero-order valence-electron chi connectivity index (χ0n) is 20.8. The van der Waals surface area contributed by atoms with Gasteiger partial charge in [0.2, 0.25) is 0 Å². The summed E-state index contributed by atoms with van der Waals surface area (Å²) in [6.07, 6.45) is 3.43. The number of ether oxygens (including phenoxy) is 1. The average Bonchev–Trinajstić information content (AvgIpc) is 3.23. The van der Waals surface area contributed by atoms with Crippen LogP contribution in [-0.4, -0.2) is 60.9 Å². The lowest BCUT2D eigenvalue weighted by Gasteiger charge is -2.75. The van der Waals surface area contributed by atoms with E-state index < -0.39 is 57.8 Å². The Morgan fingerprint density at radius 2 is 1.89 bits per heavy atom. The number of halogens is 4. The maximum Gasteiger partial charge on any atom is 0.410 e. The molecule has 1 aromatic carbocycles. The predicted molar refractivity (Wildman–Crippen MR) is 122 cm³/mol. The number of rotatable bonds is 6. The second-order valence-corrected chi connectivity index (χ2v) is 11.6. The predicted octanol–water partition coefficient (Wildman–Crippen LogP) is 4.21. The number of benzene rings is 1. The standard InChI is InChI=1S/C25H29F4N5O3/c1-21(2,3)37-20(35)33-8-6-16(7-9-33)22-11-23(12-22,13-22)25(28,29)24(36,14-34-15-30-31-32-34)18-5-4-17(26)10-19(18)27/h4-6,10,15,36H,7-9,11-14H2,1-3H3. The van der Waals surface area contributed by atoms with Crippen LogP contribution in [0.25, 0.3) is 0 Å². The maximum atomic E-state index is 16.3. The van der Waals surface area contributed by atoms with Crippen molar-refractivity contribution in [1.29, 1.82) is 0 Å². The van der Waals surface area contributed by atoms with Crippen molar-refractivity contribution in [2.24, 2.45) is 10.8 Å². The molecule has 1 N–H and O–H groups in total. The Labute approximate surface area is 211 Å². The first kappa shape index (κ1) is 25.6. The van der Waals surface area contributed by atoms with Gasteiger partial charge in [0.05, 0.1) is 6.54 Å². The number of aromatic nitrogens is 4. The van der Waals surface area contributed by atoms with Gasteiger partial charge in [0.15, 0.2) is 5.60 Å². The maximum absolute atomic E-state index is 16.3. The van der Waals surface area contributed by atoms with Crippen molar-refractivity contribution in [3.63, 3.8) is 0 Å². The number of carbonyl (C=O) groups is 1. The minimum absolute atomic E-state index is 0.117. The van der Waals surface area contributed by atoms with Crippen molar-refractivity contribution in [3.8, 4) is 0 Å². The summed E-state index contributed by atoms with van der Waals surface area (Å²) in [7, 11) is 0. The molecular weight excluding hydrogens is 494 g/mol. The van der Waals surface area contributed by atoms with Crippen LogP contribution in [0.4, 0.5) is 22.4 Å². The molecular formula is C25H29F4N5O3. The third-order valence-corrected chi connectivity index (χ3v) is 7.92. The Balaban J connectivity index is 1.36. The summed E-state index contributed by atoms with van der Waals surface area (Å²) in [5, 5.41) is 21.9. The largest absolute Gasteiger partial charge is 0.444 e.